The van der Waals surface area contributed by atoms with Crippen molar-refractivity contribution in [2.24, 2.45) is 0 Å². The van der Waals surface area contributed by atoms with E-state index >= 15 is 0 Å². The molecule has 0 unspecified atom stereocenters. The maximum atomic E-state index is 0. The predicted octanol–water partition coefficient (Wildman–Crippen LogP) is -0.740. The van der Waals surface area contributed by atoms with Crippen LogP contribution in [0.25, 0.3) is 0 Å². The SMILES string of the molecule is [Nb+5].[O-2].[O-2].[O-2].[Tl+]. The molecule has 0 saturated carbocycles. The van der Waals surface area contributed by atoms with Crippen molar-refractivity contribution in [1.29, 1.82) is 0 Å². The summed E-state index contributed by atoms with van der Waals surface area (Å²) in [6, 6.07) is 0. The minimum atomic E-state index is 0. The maximum Gasteiger partial charge on any atom is 5.00 e. The van der Waals surface area contributed by atoms with Gasteiger partial charge in [0, 0.05) is 0 Å². The van der Waals surface area contributed by atoms with Crippen molar-refractivity contribution in [3.05, 3.63) is 0 Å². The zero-order valence-electron chi connectivity index (χ0n) is 2.25. The summed E-state index contributed by atoms with van der Waals surface area (Å²) in [5.41, 5.74) is 0. The van der Waals surface area contributed by atoms with E-state index in [4.69, 9.17) is 0 Å². The smallest absolute Gasteiger partial charge is 2.00 e. The van der Waals surface area contributed by atoms with Gasteiger partial charge in [-0.3, -0.25) is 0 Å². The van der Waals surface area contributed by atoms with Crippen molar-refractivity contribution < 1.29 is 38.8 Å². The molecule has 0 amide bonds. The summed E-state index contributed by atoms with van der Waals surface area (Å²) in [4.78, 5) is 0. The first-order valence-electron chi connectivity index (χ1n) is 0. The Labute approximate surface area is 65.7 Å². The third kappa shape index (κ3) is 29.2. The summed E-state index contributed by atoms with van der Waals surface area (Å²) in [6.07, 6.45) is 0. The number of hydrogen-bond acceptors (Lipinski definition) is 0. The third-order valence-electron chi connectivity index (χ3n) is 0. The molecule has 0 aromatic carbocycles. The monoisotopic (exact) mass is 346 g/mol. The molecular weight excluding hydrogens is 345 g/mol. The summed E-state index contributed by atoms with van der Waals surface area (Å²) in [7, 11) is 0. The molecule has 0 aliphatic heterocycles. The molecule has 26 valence electrons. The van der Waals surface area contributed by atoms with Crippen molar-refractivity contribution in [2.45, 2.75) is 0 Å². The molecule has 0 aromatic heterocycles. The first-order valence-corrected chi connectivity index (χ1v) is 0. The first-order chi connectivity index (χ1) is 0. The average Bonchev–Trinajstić information content (AvgIpc) is 0. The summed E-state index contributed by atoms with van der Waals surface area (Å²) in [5.74, 6) is 0. The molecule has 5 heavy (non-hydrogen) atoms. The Morgan fingerprint density at radius 1 is 0.600 bits per heavy atom. The topological polar surface area (TPSA) is 85.5 Å². The molecular formula is NbO3Tl. The fourth-order valence-electron chi connectivity index (χ4n) is 0. The van der Waals surface area contributed by atoms with Crippen LogP contribution in [0.3, 0.4) is 0 Å². The van der Waals surface area contributed by atoms with Gasteiger partial charge in [0.05, 0.1) is 0 Å². The Morgan fingerprint density at radius 3 is 0.600 bits per heavy atom. The van der Waals surface area contributed by atoms with Gasteiger partial charge >= 0.3 is 49.7 Å². The van der Waals surface area contributed by atoms with Gasteiger partial charge in [-0.05, 0) is 0 Å². The fraction of sp³-hybridized carbons (Fsp3) is 0. The van der Waals surface area contributed by atoms with E-state index in [-0.39, 0.29) is 66.1 Å². The van der Waals surface area contributed by atoms with Gasteiger partial charge < -0.3 is 16.4 Å². The Bertz CT molecular complexity index is 6.85. The molecule has 3 nitrogen and oxygen atoms in total. The summed E-state index contributed by atoms with van der Waals surface area (Å²) in [6.45, 7) is 0. The molecule has 0 heterocycles. The number of rotatable bonds is 0. The molecule has 0 N–H and O–H groups in total. The Hall–Kier alpha value is 1.54. The van der Waals surface area contributed by atoms with Gasteiger partial charge in [0.2, 0.25) is 0 Å². The van der Waals surface area contributed by atoms with E-state index in [9.17, 15) is 0 Å². The predicted molar refractivity (Wildman–Crippen MR) is 7.81 cm³/mol. The second-order valence-electron chi connectivity index (χ2n) is 0. The molecule has 0 rings (SSSR count). The van der Waals surface area contributed by atoms with Crippen LogP contribution in [0, 0.1) is 0 Å². The molecule has 0 aromatic rings. The van der Waals surface area contributed by atoms with E-state index in [1.807, 2.05) is 0 Å². The molecule has 0 spiro atoms. The fourth-order valence-corrected chi connectivity index (χ4v) is 0. The van der Waals surface area contributed by atoms with Crippen LogP contribution in [0.4, 0.5) is 0 Å². The molecule has 0 bridgehead atoms. The minimum Gasteiger partial charge on any atom is -2.00 e. The number of hydrogen-bond donors (Lipinski definition) is 0. The van der Waals surface area contributed by atoms with Crippen molar-refractivity contribution in [3.8, 4) is 0 Å². The normalized spacial score (nSPS) is 0. The average molecular weight is 345 g/mol. The summed E-state index contributed by atoms with van der Waals surface area (Å²) >= 11 is 0. The quantitative estimate of drug-likeness (QED) is 0.518. The zero-order valence-corrected chi connectivity index (χ0v) is 8.94. The van der Waals surface area contributed by atoms with Gasteiger partial charge in [0.15, 0.2) is 0 Å². The van der Waals surface area contributed by atoms with E-state index < -0.39 is 0 Å². The van der Waals surface area contributed by atoms with E-state index in [0.717, 1.165) is 0 Å². The Balaban J connectivity index is 0. The summed E-state index contributed by atoms with van der Waals surface area (Å²) in [5, 5.41) is 0. The molecule has 5 heteroatoms. The molecule has 0 aliphatic rings. The van der Waals surface area contributed by atoms with Crippen molar-refractivity contribution >= 4 is 27.3 Å². The van der Waals surface area contributed by atoms with Crippen LogP contribution >= 0.6 is 0 Å². The van der Waals surface area contributed by atoms with Crippen molar-refractivity contribution in [1.82, 2.24) is 0 Å². The molecule has 0 radical (unpaired) electrons. The van der Waals surface area contributed by atoms with Gasteiger partial charge in [-0.25, -0.2) is 0 Å². The van der Waals surface area contributed by atoms with Crippen LogP contribution in [0.1, 0.15) is 0 Å². The van der Waals surface area contributed by atoms with Crippen LogP contribution in [-0.4, -0.2) is 27.3 Å². The molecule has 0 aliphatic carbocycles. The summed E-state index contributed by atoms with van der Waals surface area (Å²) < 4.78 is 0. The van der Waals surface area contributed by atoms with Gasteiger partial charge in [-0.15, -0.1) is 0 Å². The Kier molecular flexibility index (Phi) is 812. The van der Waals surface area contributed by atoms with Crippen LogP contribution < -0.4 is 0 Å². The van der Waals surface area contributed by atoms with Gasteiger partial charge in [0.25, 0.3) is 0 Å². The van der Waals surface area contributed by atoms with E-state index in [2.05, 4.69) is 0 Å². The van der Waals surface area contributed by atoms with Crippen molar-refractivity contribution in [2.75, 3.05) is 0 Å². The molecule has 0 fully saturated rings. The molecule has 0 saturated heterocycles. The van der Waals surface area contributed by atoms with Gasteiger partial charge in [-0.2, -0.15) is 0 Å². The van der Waals surface area contributed by atoms with Crippen molar-refractivity contribution in [3.63, 3.8) is 0 Å². The Morgan fingerprint density at radius 2 is 0.600 bits per heavy atom. The second kappa shape index (κ2) is 48.1. The van der Waals surface area contributed by atoms with Crippen LogP contribution in [0.5, 0.6) is 0 Å². The van der Waals surface area contributed by atoms with Gasteiger partial charge in [0.1, 0.15) is 0 Å². The first kappa shape index (κ1) is 84.5. The third-order valence-corrected chi connectivity index (χ3v) is 0. The maximum absolute atomic E-state index is 0. The largest absolute Gasteiger partial charge is 5.00 e. The van der Waals surface area contributed by atoms with E-state index in [1.165, 1.54) is 0 Å². The van der Waals surface area contributed by atoms with E-state index in [1.54, 1.807) is 0 Å². The van der Waals surface area contributed by atoms with Crippen LogP contribution in [-0.2, 0) is 38.8 Å². The van der Waals surface area contributed by atoms with Crippen LogP contribution in [0.15, 0.2) is 0 Å². The second-order valence-corrected chi connectivity index (χ2v) is 0. The van der Waals surface area contributed by atoms with Gasteiger partial charge in [-0.1, -0.05) is 0 Å². The molecule has 0 atom stereocenters. The minimum absolute atomic E-state index is 0. The standard InChI is InChI=1S/Nb.3O.Tl/q+5;3*-2;+1. The zero-order chi connectivity index (χ0) is 0. The van der Waals surface area contributed by atoms with Crippen LogP contribution in [0.2, 0.25) is 0 Å². The van der Waals surface area contributed by atoms with E-state index in [0.29, 0.717) is 0 Å².